The van der Waals surface area contributed by atoms with Crippen LogP contribution in [-0.4, -0.2) is 23.1 Å². The van der Waals surface area contributed by atoms with E-state index < -0.39 is 0 Å². The molecule has 0 amide bonds. The third kappa shape index (κ3) is 3.42. The molecule has 5 nitrogen and oxygen atoms in total. The van der Waals surface area contributed by atoms with E-state index in [2.05, 4.69) is 54.9 Å². The first-order valence-electron chi connectivity index (χ1n) is 10.6. The van der Waals surface area contributed by atoms with Gasteiger partial charge in [-0.2, -0.15) is 0 Å². The Hall–Kier alpha value is -3.73. The molecule has 0 saturated heterocycles. The van der Waals surface area contributed by atoms with Gasteiger partial charge in [0.05, 0.1) is 11.0 Å². The third-order valence-electron chi connectivity index (χ3n) is 5.69. The van der Waals surface area contributed by atoms with Gasteiger partial charge in [0.25, 0.3) is 0 Å². The maximum absolute atomic E-state index is 6.43. The Balaban J connectivity index is 1.83. The Morgan fingerprint density at radius 3 is 2.42 bits per heavy atom. The first-order valence-corrected chi connectivity index (χ1v) is 10.6. The molecule has 0 unspecified atom stereocenters. The normalized spacial score (nSPS) is 12.2. The van der Waals surface area contributed by atoms with Crippen LogP contribution in [0.5, 0.6) is 0 Å². The van der Waals surface area contributed by atoms with E-state index in [1.165, 1.54) is 0 Å². The van der Waals surface area contributed by atoms with Crippen LogP contribution in [0.3, 0.4) is 0 Å². The quantitative estimate of drug-likeness (QED) is 0.276. The molecule has 2 heterocycles. The highest BCUT2D eigenvalue weighted by molar-refractivity contribution is 5.97. The Morgan fingerprint density at radius 1 is 0.935 bits per heavy atom. The van der Waals surface area contributed by atoms with Gasteiger partial charge in [-0.3, -0.25) is 4.98 Å². The summed E-state index contributed by atoms with van der Waals surface area (Å²) in [7, 11) is 0. The van der Waals surface area contributed by atoms with Crippen molar-refractivity contribution in [1.82, 2.24) is 9.97 Å². The van der Waals surface area contributed by atoms with E-state index in [4.69, 9.17) is 14.4 Å². The number of fused-ring (bicyclic) bond motifs is 4. The van der Waals surface area contributed by atoms with E-state index in [1.807, 2.05) is 30.3 Å². The van der Waals surface area contributed by atoms with Gasteiger partial charge in [0.15, 0.2) is 11.3 Å². The molecule has 1 aromatic heterocycles. The number of benzene rings is 3. The van der Waals surface area contributed by atoms with E-state index in [1.54, 1.807) is 12.4 Å². The maximum atomic E-state index is 6.43. The topological polar surface area (TPSA) is 54.5 Å². The van der Waals surface area contributed by atoms with E-state index in [9.17, 15) is 0 Å². The largest absolute Gasteiger partial charge is 0.453 e. The van der Waals surface area contributed by atoms with E-state index in [-0.39, 0.29) is 0 Å². The van der Waals surface area contributed by atoms with Crippen LogP contribution in [0.1, 0.15) is 19.4 Å². The van der Waals surface area contributed by atoms with Gasteiger partial charge in [-0.25, -0.2) is 9.98 Å². The highest BCUT2D eigenvalue weighted by Gasteiger charge is 2.17. The number of pyridine rings is 1. The molecule has 3 aromatic rings. The molecule has 0 spiro atoms. The van der Waals surface area contributed by atoms with Crippen LogP contribution in [0.25, 0.3) is 33.3 Å². The predicted molar refractivity (Wildman–Crippen MR) is 126 cm³/mol. The molecule has 0 N–H and O–H groups in total. The van der Waals surface area contributed by atoms with Crippen molar-refractivity contribution in [3.05, 3.63) is 77.9 Å². The molecule has 2 aromatic carbocycles. The van der Waals surface area contributed by atoms with Gasteiger partial charge in [0.1, 0.15) is 11.2 Å². The molecule has 5 rings (SSSR count). The number of aryl methyl sites for hydroxylation is 1. The van der Waals surface area contributed by atoms with Crippen LogP contribution in [0.2, 0.25) is 0 Å². The van der Waals surface area contributed by atoms with E-state index >= 15 is 0 Å². The predicted octanol–water partition coefficient (Wildman–Crippen LogP) is 5.87. The summed E-state index contributed by atoms with van der Waals surface area (Å²) >= 11 is 0. The van der Waals surface area contributed by atoms with Gasteiger partial charge in [-0.15, -0.1) is 0 Å². The second-order valence-corrected chi connectivity index (χ2v) is 7.60. The summed E-state index contributed by atoms with van der Waals surface area (Å²) in [5.41, 5.74) is 5.66. The van der Waals surface area contributed by atoms with Crippen molar-refractivity contribution in [3.63, 3.8) is 0 Å². The van der Waals surface area contributed by atoms with Gasteiger partial charge in [-0.1, -0.05) is 24.3 Å². The number of anilines is 1. The molecule has 2 aliphatic rings. The van der Waals surface area contributed by atoms with Gasteiger partial charge in [0, 0.05) is 54.1 Å². The minimum atomic E-state index is 0.732. The molecular weight excluding hydrogens is 384 g/mol. The second-order valence-electron chi connectivity index (χ2n) is 7.60. The van der Waals surface area contributed by atoms with Gasteiger partial charge in [-0.05, 0) is 44.5 Å². The number of nitrogens with zero attached hydrogens (tertiary/aromatic N) is 4. The van der Waals surface area contributed by atoms with Crippen molar-refractivity contribution in [2.24, 2.45) is 4.99 Å². The molecule has 1 aliphatic carbocycles. The average Bonchev–Trinajstić information content (AvgIpc) is 2.80. The minimum Gasteiger partial charge on any atom is -0.453 e. The van der Waals surface area contributed by atoms with Gasteiger partial charge >= 0.3 is 0 Å². The van der Waals surface area contributed by atoms with Crippen LogP contribution in [-0.2, 0) is 0 Å². The van der Waals surface area contributed by atoms with E-state index in [0.717, 1.165) is 68.7 Å². The Bertz CT molecular complexity index is 1420. The monoisotopic (exact) mass is 408 g/mol. The molecule has 1 aliphatic heterocycles. The number of rotatable bonds is 4. The Kier molecular flexibility index (Phi) is 4.86. The lowest BCUT2D eigenvalue weighted by molar-refractivity contribution is 0.613. The van der Waals surface area contributed by atoms with Crippen LogP contribution < -0.4 is 10.3 Å². The summed E-state index contributed by atoms with van der Waals surface area (Å²) in [5, 5.41) is 2.94. The van der Waals surface area contributed by atoms with Crippen molar-refractivity contribution in [2.75, 3.05) is 18.0 Å². The third-order valence-corrected chi connectivity index (χ3v) is 5.69. The molecule has 31 heavy (non-hydrogen) atoms. The van der Waals surface area contributed by atoms with Crippen LogP contribution in [0.4, 0.5) is 11.4 Å². The van der Waals surface area contributed by atoms with Crippen molar-refractivity contribution >= 4 is 33.2 Å². The van der Waals surface area contributed by atoms with Gasteiger partial charge < -0.3 is 9.32 Å². The minimum absolute atomic E-state index is 0.732. The molecule has 0 fully saturated rings. The molecule has 0 saturated carbocycles. The van der Waals surface area contributed by atoms with Crippen molar-refractivity contribution in [1.29, 1.82) is 0 Å². The fourth-order valence-corrected chi connectivity index (χ4v) is 4.11. The average molecular weight is 409 g/mol. The summed E-state index contributed by atoms with van der Waals surface area (Å²) in [4.78, 5) is 16.3. The molecular formula is C26H24N4O. The summed E-state index contributed by atoms with van der Waals surface area (Å²) < 4.78 is 6.43. The summed E-state index contributed by atoms with van der Waals surface area (Å²) in [5.74, 6) is 0.732. The first kappa shape index (κ1) is 19.2. The zero-order chi connectivity index (χ0) is 21.4. The molecule has 154 valence electrons. The Labute approximate surface area is 181 Å². The van der Waals surface area contributed by atoms with Crippen LogP contribution in [0.15, 0.2) is 76.4 Å². The maximum Gasteiger partial charge on any atom is 0.155 e. The standard InChI is InChI=1S/C26H24N4O/c1-4-30(5-2)19-14-17(3)25-23(15-19)31-24-16-22(28-18-10-12-27-13-11-18)20-8-6-7-9-21(20)26(24)29-25/h6-16H,4-5H2,1-3H3. The van der Waals surface area contributed by atoms with Crippen molar-refractivity contribution in [2.45, 2.75) is 20.8 Å². The fraction of sp³-hybridized carbons (Fsp3) is 0.192. The lowest BCUT2D eigenvalue weighted by Gasteiger charge is -2.22. The summed E-state index contributed by atoms with van der Waals surface area (Å²) in [6.45, 7) is 8.32. The van der Waals surface area contributed by atoms with Crippen LogP contribution >= 0.6 is 0 Å². The number of hydrogen-bond donors (Lipinski definition) is 0. The zero-order valence-corrected chi connectivity index (χ0v) is 18.0. The van der Waals surface area contributed by atoms with Gasteiger partial charge in [0.2, 0.25) is 0 Å². The molecule has 0 atom stereocenters. The lowest BCUT2D eigenvalue weighted by atomic mass is 10.0. The zero-order valence-electron chi connectivity index (χ0n) is 18.0. The van der Waals surface area contributed by atoms with Crippen molar-refractivity contribution < 1.29 is 4.42 Å². The second kappa shape index (κ2) is 7.84. The summed E-state index contributed by atoms with van der Waals surface area (Å²) in [6, 6.07) is 18.3. The highest BCUT2D eigenvalue weighted by Crippen LogP contribution is 2.33. The fourth-order valence-electron chi connectivity index (χ4n) is 4.11. The Morgan fingerprint density at radius 2 is 1.68 bits per heavy atom. The lowest BCUT2D eigenvalue weighted by Crippen LogP contribution is -2.21. The molecule has 0 bridgehead atoms. The number of aromatic nitrogens is 2. The molecule has 0 radical (unpaired) electrons. The molecule has 5 heteroatoms. The number of hydrogen-bond acceptors (Lipinski definition) is 5. The smallest absolute Gasteiger partial charge is 0.155 e. The van der Waals surface area contributed by atoms with E-state index in [0.29, 0.717) is 0 Å². The van der Waals surface area contributed by atoms with Crippen molar-refractivity contribution in [3.8, 4) is 11.5 Å². The first-order chi connectivity index (χ1) is 15.2. The van der Waals surface area contributed by atoms with Crippen LogP contribution in [0, 0.1) is 6.92 Å². The SMILES string of the molecule is CCN(CC)c1cc(C)c2nc3c4ccccc4c(=Nc4ccncc4)cc-3oc2c1. The summed E-state index contributed by atoms with van der Waals surface area (Å²) in [6.07, 6.45) is 3.50. The highest BCUT2D eigenvalue weighted by atomic mass is 16.3.